The van der Waals surface area contributed by atoms with Crippen molar-refractivity contribution in [3.63, 3.8) is 0 Å². The zero-order chi connectivity index (χ0) is 19.0. The van der Waals surface area contributed by atoms with Gasteiger partial charge in [-0.15, -0.1) is 0 Å². The third-order valence-electron chi connectivity index (χ3n) is 5.50. The predicted octanol–water partition coefficient (Wildman–Crippen LogP) is 2.29. The zero-order valence-electron chi connectivity index (χ0n) is 16.5. The Morgan fingerprint density at radius 1 is 1.15 bits per heavy atom. The minimum atomic E-state index is 0.941. The number of piperazine rings is 1. The molecular weight excluding hydrogens is 334 g/mol. The molecule has 4 rings (SSSR count). The molecule has 0 saturated carbocycles. The first-order valence-corrected chi connectivity index (χ1v) is 9.68. The third-order valence-corrected chi connectivity index (χ3v) is 5.50. The van der Waals surface area contributed by atoms with Crippen LogP contribution in [0.1, 0.15) is 18.2 Å². The second-order valence-corrected chi connectivity index (χ2v) is 7.68. The Hall–Kier alpha value is -2.66. The van der Waals surface area contributed by atoms with Crippen LogP contribution < -0.4 is 9.80 Å². The Balaban J connectivity index is 1.72. The number of anilines is 1. The van der Waals surface area contributed by atoms with Gasteiger partial charge in [-0.3, -0.25) is 0 Å². The molecule has 5 nitrogen and oxygen atoms in total. The number of nitrogens with zero attached hydrogens (tertiary/aromatic N) is 4. The molecule has 0 atom stereocenters. The summed E-state index contributed by atoms with van der Waals surface area (Å²) in [5.74, 6) is 1.19. The van der Waals surface area contributed by atoms with Crippen molar-refractivity contribution in [1.82, 2.24) is 14.6 Å². The van der Waals surface area contributed by atoms with E-state index in [-0.39, 0.29) is 0 Å². The normalized spacial score (nSPS) is 15.4. The summed E-state index contributed by atoms with van der Waals surface area (Å²) in [5.41, 5.74) is 6.74. The van der Waals surface area contributed by atoms with Gasteiger partial charge in [-0.1, -0.05) is 36.9 Å². The lowest BCUT2D eigenvalue weighted by Gasteiger charge is -2.34. The van der Waals surface area contributed by atoms with E-state index in [0.29, 0.717) is 0 Å². The van der Waals surface area contributed by atoms with E-state index in [1.165, 1.54) is 17.0 Å². The monoisotopic (exact) mass is 362 g/mol. The molecule has 140 valence electrons. The van der Waals surface area contributed by atoms with Gasteiger partial charge in [0.15, 0.2) is 5.65 Å². The maximum absolute atomic E-state index is 4.88. The van der Waals surface area contributed by atoms with Gasteiger partial charge in [0.2, 0.25) is 0 Å². The molecule has 3 heterocycles. The van der Waals surface area contributed by atoms with Crippen molar-refractivity contribution in [2.75, 3.05) is 37.6 Å². The summed E-state index contributed by atoms with van der Waals surface area (Å²) in [6.07, 6.45) is 1.95. The Labute approximate surface area is 160 Å². The average molecular weight is 363 g/mol. The van der Waals surface area contributed by atoms with Crippen molar-refractivity contribution in [2.45, 2.75) is 20.8 Å². The molecule has 27 heavy (non-hydrogen) atoms. The van der Waals surface area contributed by atoms with Crippen LogP contribution in [-0.4, -0.2) is 47.3 Å². The maximum Gasteiger partial charge on any atom is 0.165 e. The van der Waals surface area contributed by atoms with E-state index in [9.17, 15) is 0 Å². The summed E-state index contributed by atoms with van der Waals surface area (Å²) in [6, 6.07) is 10.4. The molecule has 3 aromatic rings. The topological polar surface area (TPSA) is 37.9 Å². The van der Waals surface area contributed by atoms with E-state index in [2.05, 4.69) is 56.5 Å². The fraction of sp³-hybridized carbons (Fsp3) is 0.364. The van der Waals surface area contributed by atoms with Crippen LogP contribution >= 0.6 is 0 Å². The van der Waals surface area contributed by atoms with E-state index < -0.39 is 0 Å². The number of aryl methyl sites for hydroxylation is 1. The van der Waals surface area contributed by atoms with Gasteiger partial charge in [0.05, 0.1) is 38.9 Å². The summed E-state index contributed by atoms with van der Waals surface area (Å²) in [5, 5.41) is 4.73. The van der Waals surface area contributed by atoms with Crippen LogP contribution in [-0.2, 0) is 0 Å². The van der Waals surface area contributed by atoms with Crippen molar-refractivity contribution in [1.29, 1.82) is 0 Å². The smallest absolute Gasteiger partial charge is 0.165 e. The predicted molar refractivity (Wildman–Crippen MR) is 110 cm³/mol. The Bertz CT molecular complexity index is 965. The molecular formula is C22H28N5+. The minimum absolute atomic E-state index is 0.941. The van der Waals surface area contributed by atoms with E-state index in [4.69, 9.17) is 10.1 Å². The largest absolute Gasteiger partial charge is 0.345 e. The molecule has 1 aliphatic heterocycles. The maximum atomic E-state index is 4.88. The molecule has 0 aliphatic carbocycles. The van der Waals surface area contributed by atoms with Crippen LogP contribution in [0.2, 0.25) is 0 Å². The number of benzene rings is 1. The van der Waals surface area contributed by atoms with Crippen molar-refractivity contribution >= 4 is 11.5 Å². The Kier molecular flexibility index (Phi) is 4.70. The fourth-order valence-electron chi connectivity index (χ4n) is 4.00. The van der Waals surface area contributed by atoms with Gasteiger partial charge in [0.25, 0.3) is 0 Å². The number of hydrogen-bond acceptors (Lipinski definition) is 3. The molecule has 1 N–H and O–H groups in total. The van der Waals surface area contributed by atoms with Gasteiger partial charge >= 0.3 is 0 Å². The SMILES string of the molecule is C=C(C)C[NH+]1CCN(c2c(C)c(C)nc3c(-c4ccccc4)cnn23)CC1. The number of rotatable bonds is 4. The number of hydrogen-bond donors (Lipinski definition) is 1. The molecule has 0 spiro atoms. The van der Waals surface area contributed by atoms with E-state index in [0.717, 1.165) is 55.2 Å². The molecule has 0 amide bonds. The standard InChI is InChI=1S/C22H27N5/c1-16(2)15-25-10-12-26(13-11-25)22-17(3)18(4)24-21-20(14-23-27(21)22)19-8-6-5-7-9-19/h5-9,14H,1,10-13,15H2,2-4H3/p+1. The molecule has 1 saturated heterocycles. The highest BCUT2D eigenvalue weighted by molar-refractivity contribution is 5.78. The van der Waals surface area contributed by atoms with Crippen molar-refractivity contribution in [3.8, 4) is 11.1 Å². The van der Waals surface area contributed by atoms with Crippen molar-refractivity contribution in [2.24, 2.45) is 0 Å². The molecule has 0 bridgehead atoms. The van der Waals surface area contributed by atoms with Gasteiger partial charge in [0, 0.05) is 16.8 Å². The molecule has 1 aliphatic rings. The first kappa shape index (κ1) is 17.7. The van der Waals surface area contributed by atoms with Crippen LogP contribution in [0.5, 0.6) is 0 Å². The number of quaternary nitrogens is 1. The Morgan fingerprint density at radius 3 is 2.52 bits per heavy atom. The van der Waals surface area contributed by atoms with Crippen LogP contribution in [0.4, 0.5) is 5.82 Å². The molecule has 0 unspecified atom stereocenters. The van der Waals surface area contributed by atoms with Gasteiger partial charge in [-0.05, 0) is 31.9 Å². The molecule has 0 radical (unpaired) electrons. The van der Waals surface area contributed by atoms with E-state index in [1.807, 2.05) is 16.8 Å². The summed E-state index contributed by atoms with van der Waals surface area (Å²) >= 11 is 0. The lowest BCUT2D eigenvalue weighted by Crippen LogP contribution is -3.15. The van der Waals surface area contributed by atoms with Crippen molar-refractivity contribution in [3.05, 3.63) is 59.9 Å². The minimum Gasteiger partial charge on any atom is -0.345 e. The van der Waals surface area contributed by atoms with Crippen LogP contribution in [0, 0.1) is 13.8 Å². The lowest BCUT2D eigenvalue weighted by molar-refractivity contribution is -0.895. The fourth-order valence-corrected chi connectivity index (χ4v) is 4.00. The van der Waals surface area contributed by atoms with Gasteiger partial charge in [0.1, 0.15) is 5.82 Å². The number of nitrogens with one attached hydrogen (secondary N) is 1. The van der Waals surface area contributed by atoms with Crippen LogP contribution in [0.25, 0.3) is 16.8 Å². The highest BCUT2D eigenvalue weighted by Gasteiger charge is 2.25. The highest BCUT2D eigenvalue weighted by Crippen LogP contribution is 2.29. The highest BCUT2D eigenvalue weighted by atomic mass is 15.4. The first-order valence-electron chi connectivity index (χ1n) is 9.68. The van der Waals surface area contributed by atoms with E-state index in [1.54, 1.807) is 4.90 Å². The van der Waals surface area contributed by atoms with Crippen molar-refractivity contribution < 1.29 is 4.90 Å². The van der Waals surface area contributed by atoms with Gasteiger partial charge < -0.3 is 9.80 Å². The number of fused-ring (bicyclic) bond motifs is 1. The second-order valence-electron chi connectivity index (χ2n) is 7.68. The summed E-state index contributed by atoms with van der Waals surface area (Å²) in [6.45, 7) is 15.8. The van der Waals surface area contributed by atoms with Crippen LogP contribution in [0.15, 0.2) is 48.7 Å². The lowest BCUT2D eigenvalue weighted by atomic mass is 10.1. The summed E-state index contributed by atoms with van der Waals surface area (Å²) in [4.78, 5) is 8.97. The molecule has 1 fully saturated rings. The zero-order valence-corrected chi connectivity index (χ0v) is 16.5. The molecule has 5 heteroatoms. The number of aromatic nitrogens is 3. The average Bonchev–Trinajstić information content (AvgIpc) is 3.07. The summed E-state index contributed by atoms with van der Waals surface area (Å²) < 4.78 is 2.04. The van der Waals surface area contributed by atoms with Gasteiger partial charge in [-0.2, -0.15) is 9.61 Å². The Morgan fingerprint density at radius 2 is 1.85 bits per heavy atom. The first-order chi connectivity index (χ1) is 13.0. The molecule has 1 aromatic carbocycles. The quantitative estimate of drug-likeness (QED) is 0.724. The van der Waals surface area contributed by atoms with E-state index >= 15 is 0 Å². The summed E-state index contributed by atoms with van der Waals surface area (Å²) in [7, 11) is 0. The van der Waals surface area contributed by atoms with Crippen LogP contribution in [0.3, 0.4) is 0 Å². The third kappa shape index (κ3) is 3.35. The molecule has 2 aromatic heterocycles. The second kappa shape index (κ2) is 7.16. The van der Waals surface area contributed by atoms with Gasteiger partial charge in [-0.25, -0.2) is 4.98 Å².